The molecule has 0 unspecified atom stereocenters. The van der Waals surface area contributed by atoms with E-state index in [1.165, 1.54) is 0 Å². The molecule has 4 N–H and O–H groups in total. The molecule has 0 spiro atoms. The van der Waals surface area contributed by atoms with Gasteiger partial charge in [0.05, 0.1) is 11.6 Å². The van der Waals surface area contributed by atoms with Crippen molar-refractivity contribution in [2.24, 2.45) is 5.73 Å². The van der Waals surface area contributed by atoms with Crippen LogP contribution in [-0.2, 0) is 4.79 Å². The van der Waals surface area contributed by atoms with Gasteiger partial charge in [-0.15, -0.1) is 0 Å². The predicted molar refractivity (Wildman–Crippen MR) is 59.3 cm³/mol. The molecule has 0 radical (unpaired) electrons. The molecule has 4 heteroatoms. The number of nitrogens with one attached hydrogen (secondary N) is 1. The van der Waals surface area contributed by atoms with Crippen LogP contribution in [0.15, 0.2) is 0 Å². The van der Waals surface area contributed by atoms with Crippen molar-refractivity contribution in [3.8, 4) is 0 Å². The van der Waals surface area contributed by atoms with Crippen LogP contribution in [-0.4, -0.2) is 29.2 Å². The Bertz CT molecular complexity index is 213. The van der Waals surface area contributed by atoms with E-state index >= 15 is 0 Å². The van der Waals surface area contributed by atoms with Crippen molar-refractivity contribution in [3.05, 3.63) is 0 Å². The smallest absolute Gasteiger partial charge is 0.237 e. The van der Waals surface area contributed by atoms with E-state index in [0.29, 0.717) is 13.0 Å². The molecular weight excluding hydrogens is 192 g/mol. The average Bonchev–Trinajstić information content (AvgIpc) is 2.63. The molecule has 4 nitrogen and oxygen atoms in total. The minimum absolute atomic E-state index is 0.142. The van der Waals surface area contributed by atoms with Crippen molar-refractivity contribution >= 4 is 5.91 Å². The van der Waals surface area contributed by atoms with Crippen LogP contribution in [0.3, 0.4) is 0 Å². The Hall–Kier alpha value is -0.610. The summed E-state index contributed by atoms with van der Waals surface area (Å²) in [5.74, 6) is -0.142. The van der Waals surface area contributed by atoms with Gasteiger partial charge in [-0.2, -0.15) is 0 Å². The van der Waals surface area contributed by atoms with Crippen LogP contribution < -0.4 is 11.1 Å². The molecule has 1 fully saturated rings. The number of hydrogen-bond acceptors (Lipinski definition) is 3. The molecule has 15 heavy (non-hydrogen) atoms. The molecule has 0 bridgehead atoms. The van der Waals surface area contributed by atoms with E-state index in [4.69, 9.17) is 5.73 Å². The first kappa shape index (κ1) is 12.5. The fourth-order valence-corrected chi connectivity index (χ4v) is 2.03. The minimum Gasteiger partial charge on any atom is -0.388 e. The zero-order chi connectivity index (χ0) is 11.3. The summed E-state index contributed by atoms with van der Waals surface area (Å²) in [6, 6.07) is -0.431. The highest BCUT2D eigenvalue weighted by atomic mass is 16.3. The zero-order valence-corrected chi connectivity index (χ0v) is 9.46. The van der Waals surface area contributed by atoms with E-state index < -0.39 is 11.6 Å². The normalized spacial score (nSPS) is 21.3. The molecule has 0 aliphatic heterocycles. The Balaban J connectivity index is 2.26. The quantitative estimate of drug-likeness (QED) is 0.625. The minimum atomic E-state index is -0.679. The zero-order valence-electron chi connectivity index (χ0n) is 9.46. The Morgan fingerprint density at radius 1 is 1.53 bits per heavy atom. The number of amides is 1. The van der Waals surface area contributed by atoms with Crippen LogP contribution in [0.25, 0.3) is 0 Å². The molecule has 0 heterocycles. The van der Waals surface area contributed by atoms with Gasteiger partial charge < -0.3 is 16.2 Å². The van der Waals surface area contributed by atoms with Crippen LogP contribution in [0.5, 0.6) is 0 Å². The molecule has 0 aromatic rings. The Morgan fingerprint density at radius 2 is 2.13 bits per heavy atom. The highest BCUT2D eigenvalue weighted by molar-refractivity contribution is 5.81. The number of hydrogen-bond donors (Lipinski definition) is 3. The van der Waals surface area contributed by atoms with Gasteiger partial charge in [-0.1, -0.05) is 26.2 Å². The summed E-state index contributed by atoms with van der Waals surface area (Å²) < 4.78 is 0. The molecule has 1 aliphatic carbocycles. The van der Waals surface area contributed by atoms with Gasteiger partial charge in [0.25, 0.3) is 0 Å². The van der Waals surface area contributed by atoms with Crippen molar-refractivity contribution in [1.29, 1.82) is 0 Å². The first-order chi connectivity index (χ1) is 7.07. The summed E-state index contributed by atoms with van der Waals surface area (Å²) in [6.45, 7) is 2.35. The molecule has 1 amide bonds. The van der Waals surface area contributed by atoms with E-state index in [0.717, 1.165) is 32.1 Å². The molecule has 0 aromatic heterocycles. The number of rotatable bonds is 5. The van der Waals surface area contributed by atoms with Crippen LogP contribution >= 0.6 is 0 Å². The van der Waals surface area contributed by atoms with Gasteiger partial charge in [-0.05, 0) is 19.3 Å². The van der Waals surface area contributed by atoms with Crippen LogP contribution in [0, 0.1) is 0 Å². The van der Waals surface area contributed by atoms with Crippen molar-refractivity contribution < 1.29 is 9.90 Å². The second kappa shape index (κ2) is 5.47. The SMILES string of the molecule is CCC[C@H](N)C(=O)NCC1(O)CCCC1. The molecule has 0 aromatic carbocycles. The van der Waals surface area contributed by atoms with Crippen LogP contribution in [0.4, 0.5) is 0 Å². The maximum atomic E-state index is 11.5. The third-order valence-electron chi connectivity index (χ3n) is 3.06. The van der Waals surface area contributed by atoms with Gasteiger partial charge in [-0.3, -0.25) is 4.79 Å². The van der Waals surface area contributed by atoms with E-state index in [2.05, 4.69) is 5.32 Å². The lowest BCUT2D eigenvalue weighted by Gasteiger charge is -2.23. The molecule has 88 valence electrons. The van der Waals surface area contributed by atoms with Gasteiger partial charge in [0.15, 0.2) is 0 Å². The summed E-state index contributed by atoms with van der Waals surface area (Å²) in [7, 11) is 0. The van der Waals surface area contributed by atoms with Crippen LogP contribution in [0.2, 0.25) is 0 Å². The fourth-order valence-electron chi connectivity index (χ4n) is 2.03. The molecular formula is C11H22N2O2. The monoisotopic (exact) mass is 214 g/mol. The van der Waals surface area contributed by atoms with Crippen molar-refractivity contribution in [2.45, 2.75) is 57.1 Å². The van der Waals surface area contributed by atoms with Gasteiger partial charge in [0, 0.05) is 6.54 Å². The van der Waals surface area contributed by atoms with E-state index in [1.54, 1.807) is 0 Å². The number of carbonyl (C=O) groups excluding carboxylic acids is 1. The number of carbonyl (C=O) groups is 1. The predicted octanol–water partition coefficient (Wildman–Crippen LogP) is 0.535. The van der Waals surface area contributed by atoms with Gasteiger partial charge >= 0.3 is 0 Å². The lowest BCUT2D eigenvalue weighted by molar-refractivity contribution is -0.123. The lowest BCUT2D eigenvalue weighted by Crippen LogP contribution is -2.47. The summed E-state index contributed by atoms with van der Waals surface area (Å²) in [4.78, 5) is 11.5. The maximum Gasteiger partial charge on any atom is 0.237 e. The molecule has 1 atom stereocenters. The topological polar surface area (TPSA) is 75.4 Å². The molecule has 1 aliphatic rings. The second-order valence-electron chi connectivity index (χ2n) is 4.54. The van der Waals surface area contributed by atoms with Crippen molar-refractivity contribution in [3.63, 3.8) is 0 Å². The second-order valence-corrected chi connectivity index (χ2v) is 4.54. The number of aliphatic hydroxyl groups is 1. The summed E-state index contributed by atoms with van der Waals surface area (Å²) in [6.07, 6.45) is 5.27. The summed E-state index contributed by atoms with van der Waals surface area (Å²) in [5, 5.41) is 12.7. The molecule has 0 saturated heterocycles. The Morgan fingerprint density at radius 3 is 2.67 bits per heavy atom. The highest BCUT2D eigenvalue weighted by Gasteiger charge is 2.31. The van der Waals surface area contributed by atoms with E-state index in [1.807, 2.05) is 6.92 Å². The highest BCUT2D eigenvalue weighted by Crippen LogP contribution is 2.28. The van der Waals surface area contributed by atoms with Gasteiger partial charge in [0.1, 0.15) is 0 Å². The van der Waals surface area contributed by atoms with E-state index in [-0.39, 0.29) is 5.91 Å². The largest absolute Gasteiger partial charge is 0.388 e. The molecule has 1 rings (SSSR count). The van der Waals surface area contributed by atoms with Gasteiger partial charge in [0.2, 0.25) is 5.91 Å². The fraction of sp³-hybridized carbons (Fsp3) is 0.909. The number of nitrogens with two attached hydrogens (primary N) is 1. The van der Waals surface area contributed by atoms with E-state index in [9.17, 15) is 9.90 Å². The average molecular weight is 214 g/mol. The summed E-state index contributed by atoms with van der Waals surface area (Å²) in [5.41, 5.74) is 4.98. The van der Waals surface area contributed by atoms with Crippen molar-refractivity contribution in [2.75, 3.05) is 6.54 Å². The third-order valence-corrected chi connectivity index (χ3v) is 3.06. The Labute approximate surface area is 91.2 Å². The summed E-state index contributed by atoms with van der Waals surface area (Å²) >= 11 is 0. The first-order valence-electron chi connectivity index (χ1n) is 5.83. The maximum absolute atomic E-state index is 11.5. The standard InChI is InChI=1S/C11H22N2O2/c1-2-5-9(12)10(14)13-8-11(15)6-3-4-7-11/h9,15H,2-8,12H2,1H3,(H,13,14)/t9-/m0/s1. The lowest BCUT2D eigenvalue weighted by atomic mass is 10.0. The van der Waals surface area contributed by atoms with Crippen molar-refractivity contribution in [1.82, 2.24) is 5.32 Å². The molecule has 1 saturated carbocycles. The van der Waals surface area contributed by atoms with Crippen LogP contribution in [0.1, 0.15) is 45.4 Å². The third kappa shape index (κ3) is 3.80. The Kier molecular flexibility index (Phi) is 4.54. The van der Waals surface area contributed by atoms with Gasteiger partial charge in [-0.25, -0.2) is 0 Å². The first-order valence-corrected chi connectivity index (χ1v) is 5.83.